The molecule has 4 nitrogen and oxygen atoms in total. The summed E-state index contributed by atoms with van der Waals surface area (Å²) in [5, 5.41) is 10.1. The average molecular weight is 326 g/mol. The molecule has 2 aromatic carbocycles. The molecule has 1 heterocycles. The van der Waals surface area contributed by atoms with Gasteiger partial charge in [-0.15, -0.1) is 0 Å². The third-order valence-corrected chi connectivity index (χ3v) is 4.41. The number of hydrogen-bond donors (Lipinski definition) is 1. The summed E-state index contributed by atoms with van der Waals surface area (Å²) in [6.45, 7) is 4.11. The molecule has 0 unspecified atom stereocenters. The Kier molecular flexibility index (Phi) is 4.38. The first-order chi connectivity index (χ1) is 11.6. The van der Waals surface area contributed by atoms with Crippen LogP contribution in [-0.2, 0) is 0 Å². The number of phenolic OH excluding ortho intramolecular Hbond substituents is 1. The van der Waals surface area contributed by atoms with Crippen molar-refractivity contribution in [1.82, 2.24) is 0 Å². The third kappa shape index (κ3) is 2.68. The van der Waals surface area contributed by atoms with Gasteiger partial charge in [0.25, 0.3) is 0 Å². The summed E-state index contributed by atoms with van der Waals surface area (Å²) in [6.07, 6.45) is 3.87. The van der Waals surface area contributed by atoms with Crippen molar-refractivity contribution in [3.05, 3.63) is 53.1 Å². The number of hydrogen-bond acceptors (Lipinski definition) is 4. The van der Waals surface area contributed by atoms with Gasteiger partial charge in [0.15, 0.2) is 23.0 Å². The predicted octanol–water partition coefficient (Wildman–Crippen LogP) is 4.68. The van der Waals surface area contributed by atoms with Gasteiger partial charge < -0.3 is 19.3 Å². The number of methoxy groups -OCH3 is 2. The van der Waals surface area contributed by atoms with Gasteiger partial charge >= 0.3 is 0 Å². The predicted molar refractivity (Wildman–Crippen MR) is 94.1 cm³/mol. The summed E-state index contributed by atoms with van der Waals surface area (Å²) in [5.41, 5.74) is 3.11. The Morgan fingerprint density at radius 3 is 2.46 bits per heavy atom. The van der Waals surface area contributed by atoms with Crippen molar-refractivity contribution in [3.8, 4) is 23.0 Å². The number of rotatable bonds is 4. The number of phenols is 1. The Bertz CT molecular complexity index is 779. The summed E-state index contributed by atoms with van der Waals surface area (Å²) in [7, 11) is 3.18. The molecule has 0 aliphatic carbocycles. The van der Waals surface area contributed by atoms with E-state index in [9.17, 15) is 5.11 Å². The number of aromatic hydroxyl groups is 1. The van der Waals surface area contributed by atoms with Gasteiger partial charge in [-0.25, -0.2) is 0 Å². The average Bonchev–Trinajstić information content (AvgIpc) is 2.91. The van der Waals surface area contributed by atoms with Crippen molar-refractivity contribution in [2.45, 2.75) is 25.9 Å². The molecular weight excluding hydrogens is 304 g/mol. The molecule has 0 aromatic heterocycles. The first kappa shape index (κ1) is 16.2. The van der Waals surface area contributed by atoms with Gasteiger partial charge in [0.2, 0.25) is 0 Å². The zero-order valence-electron chi connectivity index (χ0n) is 14.4. The van der Waals surface area contributed by atoms with E-state index in [0.717, 1.165) is 28.2 Å². The lowest BCUT2D eigenvalue weighted by Crippen LogP contribution is -2.07. The van der Waals surface area contributed by atoms with Gasteiger partial charge in [-0.05, 0) is 42.3 Å². The zero-order valence-corrected chi connectivity index (χ0v) is 14.4. The van der Waals surface area contributed by atoms with Crippen molar-refractivity contribution in [1.29, 1.82) is 0 Å². The quantitative estimate of drug-likeness (QED) is 0.886. The van der Waals surface area contributed by atoms with Crippen LogP contribution in [0.3, 0.4) is 0 Å². The van der Waals surface area contributed by atoms with Crippen molar-refractivity contribution >= 4 is 6.08 Å². The van der Waals surface area contributed by atoms with Crippen LogP contribution in [0.15, 0.2) is 36.4 Å². The lowest BCUT2D eigenvalue weighted by Gasteiger charge is -2.17. The minimum Gasteiger partial charge on any atom is -0.504 e. The molecule has 24 heavy (non-hydrogen) atoms. The molecule has 0 fully saturated rings. The molecule has 0 amide bonds. The largest absolute Gasteiger partial charge is 0.504 e. The van der Waals surface area contributed by atoms with E-state index in [1.165, 1.54) is 7.11 Å². The molecule has 0 saturated heterocycles. The lowest BCUT2D eigenvalue weighted by atomic mass is 9.91. The highest BCUT2D eigenvalue weighted by Gasteiger charge is 2.35. The molecule has 1 aliphatic rings. The SMILES string of the molecule is CC=Cc1cc(OC)c2c(c1)[C@@H](C)[C@H](c1ccc(OC)c(O)c1)O2. The Morgan fingerprint density at radius 2 is 1.83 bits per heavy atom. The molecule has 1 aliphatic heterocycles. The molecule has 1 N–H and O–H groups in total. The second-order valence-corrected chi connectivity index (χ2v) is 5.90. The Labute approximate surface area is 142 Å². The normalized spacial score (nSPS) is 19.2. The fourth-order valence-corrected chi connectivity index (χ4v) is 3.18. The molecule has 0 radical (unpaired) electrons. The molecule has 2 aromatic rings. The van der Waals surface area contributed by atoms with Gasteiger partial charge in [0.1, 0.15) is 6.10 Å². The van der Waals surface area contributed by atoms with Crippen LogP contribution in [0, 0.1) is 0 Å². The second-order valence-electron chi connectivity index (χ2n) is 5.90. The van der Waals surface area contributed by atoms with E-state index in [0.29, 0.717) is 5.75 Å². The Hall–Kier alpha value is -2.62. The fourth-order valence-electron chi connectivity index (χ4n) is 3.18. The fraction of sp³-hybridized carbons (Fsp3) is 0.300. The van der Waals surface area contributed by atoms with Crippen LogP contribution in [0.25, 0.3) is 6.08 Å². The highest BCUT2D eigenvalue weighted by atomic mass is 16.5. The second kappa shape index (κ2) is 6.48. The van der Waals surface area contributed by atoms with Crippen molar-refractivity contribution in [2.24, 2.45) is 0 Å². The van der Waals surface area contributed by atoms with Crippen LogP contribution in [0.5, 0.6) is 23.0 Å². The van der Waals surface area contributed by atoms with Crippen LogP contribution >= 0.6 is 0 Å². The van der Waals surface area contributed by atoms with Gasteiger partial charge in [0, 0.05) is 11.5 Å². The highest BCUT2D eigenvalue weighted by molar-refractivity contribution is 5.62. The van der Waals surface area contributed by atoms with E-state index >= 15 is 0 Å². The first-order valence-electron chi connectivity index (χ1n) is 7.97. The third-order valence-electron chi connectivity index (χ3n) is 4.41. The summed E-state index contributed by atoms with van der Waals surface area (Å²) >= 11 is 0. The van der Waals surface area contributed by atoms with Gasteiger partial charge in [-0.1, -0.05) is 25.1 Å². The van der Waals surface area contributed by atoms with Crippen molar-refractivity contribution in [3.63, 3.8) is 0 Å². The molecule has 4 heteroatoms. The van der Waals surface area contributed by atoms with E-state index in [1.807, 2.05) is 31.2 Å². The number of allylic oxidation sites excluding steroid dienone is 1. The summed E-state index contributed by atoms with van der Waals surface area (Å²) < 4.78 is 16.8. The first-order valence-corrected chi connectivity index (χ1v) is 7.97. The van der Waals surface area contributed by atoms with Crippen LogP contribution in [-0.4, -0.2) is 19.3 Å². The number of benzene rings is 2. The highest BCUT2D eigenvalue weighted by Crippen LogP contribution is 2.51. The van der Waals surface area contributed by atoms with Crippen LogP contribution < -0.4 is 14.2 Å². The lowest BCUT2D eigenvalue weighted by molar-refractivity contribution is 0.207. The van der Waals surface area contributed by atoms with Crippen molar-refractivity contribution < 1.29 is 19.3 Å². The van der Waals surface area contributed by atoms with Gasteiger partial charge in [0.05, 0.1) is 14.2 Å². The molecule has 0 bridgehead atoms. The molecular formula is C20H22O4. The standard InChI is InChI=1S/C20H22O4/c1-5-6-13-9-15-12(2)19(24-20(15)18(10-13)23-4)14-7-8-17(22-3)16(21)11-14/h5-12,19,21H,1-4H3/t12-,19-/m1/s1. The van der Waals surface area contributed by atoms with Crippen LogP contribution in [0.2, 0.25) is 0 Å². The summed E-state index contributed by atoms with van der Waals surface area (Å²) in [6, 6.07) is 9.48. The van der Waals surface area contributed by atoms with E-state index in [4.69, 9.17) is 14.2 Å². The van der Waals surface area contributed by atoms with E-state index < -0.39 is 0 Å². The van der Waals surface area contributed by atoms with Gasteiger partial charge in [-0.3, -0.25) is 0 Å². The molecule has 0 saturated carbocycles. The smallest absolute Gasteiger partial charge is 0.165 e. The minimum atomic E-state index is -0.174. The maximum absolute atomic E-state index is 10.1. The van der Waals surface area contributed by atoms with Gasteiger partial charge in [-0.2, -0.15) is 0 Å². The number of ether oxygens (including phenoxy) is 3. The monoisotopic (exact) mass is 326 g/mol. The molecule has 126 valence electrons. The minimum absolute atomic E-state index is 0.114. The molecule has 3 rings (SSSR count). The Morgan fingerprint density at radius 1 is 1.08 bits per heavy atom. The molecule has 2 atom stereocenters. The van der Waals surface area contributed by atoms with E-state index in [2.05, 4.69) is 13.0 Å². The maximum atomic E-state index is 10.1. The zero-order chi connectivity index (χ0) is 17.3. The molecule has 0 spiro atoms. The summed E-state index contributed by atoms with van der Waals surface area (Å²) in [4.78, 5) is 0. The van der Waals surface area contributed by atoms with E-state index in [-0.39, 0.29) is 17.8 Å². The summed E-state index contributed by atoms with van der Waals surface area (Å²) in [5.74, 6) is 2.22. The van der Waals surface area contributed by atoms with E-state index in [1.54, 1.807) is 19.2 Å². The maximum Gasteiger partial charge on any atom is 0.165 e. The van der Waals surface area contributed by atoms with Crippen LogP contribution in [0.1, 0.15) is 42.6 Å². The Balaban J connectivity index is 2.01. The van der Waals surface area contributed by atoms with Crippen LogP contribution in [0.4, 0.5) is 0 Å². The number of fused-ring (bicyclic) bond motifs is 1. The topological polar surface area (TPSA) is 47.9 Å². The van der Waals surface area contributed by atoms with Crippen molar-refractivity contribution in [2.75, 3.05) is 14.2 Å².